The number of nitrogens with one attached hydrogen (secondary N) is 1. The molecule has 0 spiro atoms. The molecule has 2 aromatic carbocycles. The number of rotatable bonds is 7. The Morgan fingerprint density at radius 1 is 1.22 bits per heavy atom. The predicted octanol–water partition coefficient (Wildman–Crippen LogP) is 5.96. The summed E-state index contributed by atoms with van der Waals surface area (Å²) in [6, 6.07) is 9.54. The molecule has 6 heterocycles. The highest BCUT2D eigenvalue weighted by molar-refractivity contribution is 6.02. The molecule has 4 aromatic rings. The van der Waals surface area contributed by atoms with Crippen molar-refractivity contribution in [2.75, 3.05) is 37.7 Å². The number of terminal acetylenes is 1. The van der Waals surface area contributed by atoms with Gasteiger partial charge in [-0.25, -0.2) is 4.39 Å². The summed E-state index contributed by atoms with van der Waals surface area (Å²) in [5.74, 6) is 2.78. The third kappa shape index (κ3) is 4.95. The smallest absolute Gasteiger partial charge is 0.319 e. The Balaban J connectivity index is 1.23. The Bertz CT molecular complexity index is 1910. The van der Waals surface area contributed by atoms with Crippen LogP contribution in [0.5, 0.6) is 11.8 Å². The molecule has 2 bridgehead atoms. The number of hydrogen-bond acceptors (Lipinski definition) is 8. The Labute approximate surface area is 268 Å². The Hall–Kier alpha value is -4.26. The molecule has 2 N–H and O–H groups in total. The van der Waals surface area contributed by atoms with Gasteiger partial charge in [-0.3, -0.25) is 9.88 Å². The fourth-order valence-electron chi connectivity index (χ4n) is 8.27. The van der Waals surface area contributed by atoms with E-state index in [1.165, 1.54) is 11.6 Å². The van der Waals surface area contributed by atoms with E-state index in [0.717, 1.165) is 71.1 Å². The van der Waals surface area contributed by atoms with Gasteiger partial charge in [0.15, 0.2) is 5.82 Å². The van der Waals surface area contributed by atoms with Gasteiger partial charge in [-0.05, 0) is 68.7 Å². The molecule has 8 nitrogen and oxygen atoms in total. The van der Waals surface area contributed by atoms with Crippen LogP contribution in [-0.2, 0) is 0 Å². The van der Waals surface area contributed by atoms with Crippen LogP contribution in [0.15, 0.2) is 48.2 Å². The molecule has 0 saturated carbocycles. The number of anilines is 1. The number of ether oxygens (including phenoxy) is 1. The molecule has 4 fully saturated rings. The number of piperazine rings is 1. The third-order valence-electron chi connectivity index (χ3n) is 10.4. The highest BCUT2D eigenvalue weighted by Crippen LogP contribution is 2.43. The van der Waals surface area contributed by atoms with Crippen molar-refractivity contribution in [3.63, 3.8) is 0 Å². The summed E-state index contributed by atoms with van der Waals surface area (Å²) in [4.78, 5) is 19.1. The van der Waals surface area contributed by atoms with Crippen molar-refractivity contribution >= 4 is 27.5 Å². The number of aromatic nitrogens is 3. The van der Waals surface area contributed by atoms with Crippen molar-refractivity contribution in [1.29, 1.82) is 0 Å². The minimum absolute atomic E-state index is 0.00551. The van der Waals surface area contributed by atoms with Gasteiger partial charge >= 0.3 is 6.01 Å². The number of fused-ring (bicyclic) bond motifs is 5. The average molecular weight is 619 g/mol. The van der Waals surface area contributed by atoms with E-state index in [1.54, 1.807) is 12.3 Å². The van der Waals surface area contributed by atoms with E-state index in [2.05, 4.69) is 39.0 Å². The van der Waals surface area contributed by atoms with Crippen LogP contribution in [0.3, 0.4) is 0 Å². The second-order valence-corrected chi connectivity index (χ2v) is 13.5. The maximum absolute atomic E-state index is 16.9. The number of nitrogens with zero attached hydrogens (tertiary/aromatic N) is 5. The highest BCUT2D eigenvalue weighted by Gasteiger charge is 2.47. The summed E-state index contributed by atoms with van der Waals surface area (Å²) < 4.78 is 23.4. The van der Waals surface area contributed by atoms with E-state index < -0.39 is 5.82 Å². The Morgan fingerprint density at radius 2 is 2.07 bits per heavy atom. The molecule has 0 aliphatic carbocycles. The maximum Gasteiger partial charge on any atom is 0.319 e. The van der Waals surface area contributed by atoms with Gasteiger partial charge in [-0.15, -0.1) is 6.42 Å². The SMILES string of the molecule is C#Cc1cccc2cc(O)cc(-c3ncc4c(N5CC6CCC(C5)N6)nc(OCC56CCCN5CC(=CCCC)C6)nc4c3F)c12. The molecule has 9 heteroatoms. The molecule has 4 saturated heterocycles. The number of aromatic hydroxyl groups is 1. The molecule has 3 unspecified atom stereocenters. The molecule has 3 atom stereocenters. The number of benzene rings is 2. The first-order valence-corrected chi connectivity index (χ1v) is 16.6. The van der Waals surface area contributed by atoms with Crippen molar-refractivity contribution in [1.82, 2.24) is 25.2 Å². The first-order chi connectivity index (χ1) is 22.4. The number of allylic oxidation sites excluding steroid dienone is 1. The van der Waals surface area contributed by atoms with Crippen molar-refractivity contribution in [2.24, 2.45) is 0 Å². The second kappa shape index (κ2) is 11.5. The van der Waals surface area contributed by atoms with E-state index in [0.29, 0.717) is 51.8 Å². The van der Waals surface area contributed by atoms with Crippen molar-refractivity contribution in [3.8, 4) is 35.4 Å². The van der Waals surface area contributed by atoms with Crippen LogP contribution in [0.4, 0.5) is 10.2 Å². The molecular weight excluding hydrogens is 579 g/mol. The first kappa shape index (κ1) is 29.2. The lowest BCUT2D eigenvalue weighted by Crippen LogP contribution is -2.51. The summed E-state index contributed by atoms with van der Waals surface area (Å²) in [7, 11) is 0. The fourth-order valence-corrected chi connectivity index (χ4v) is 8.27. The third-order valence-corrected chi connectivity index (χ3v) is 10.4. The Morgan fingerprint density at radius 3 is 2.87 bits per heavy atom. The number of halogens is 1. The molecule has 8 rings (SSSR count). The zero-order valence-electron chi connectivity index (χ0n) is 26.2. The fraction of sp³-hybridized carbons (Fsp3) is 0.432. The van der Waals surface area contributed by atoms with E-state index in [-0.39, 0.29) is 28.5 Å². The minimum Gasteiger partial charge on any atom is -0.508 e. The van der Waals surface area contributed by atoms with Crippen molar-refractivity contribution in [3.05, 3.63) is 59.6 Å². The second-order valence-electron chi connectivity index (χ2n) is 13.5. The number of hydrogen-bond donors (Lipinski definition) is 2. The Kier molecular flexibility index (Phi) is 7.30. The lowest BCUT2D eigenvalue weighted by Gasteiger charge is -2.34. The van der Waals surface area contributed by atoms with Gasteiger partial charge in [-0.2, -0.15) is 9.97 Å². The summed E-state index contributed by atoms with van der Waals surface area (Å²) in [5, 5.41) is 16.2. The lowest BCUT2D eigenvalue weighted by atomic mass is 9.93. The molecule has 2 aromatic heterocycles. The van der Waals surface area contributed by atoms with E-state index in [4.69, 9.17) is 21.1 Å². The minimum atomic E-state index is -0.589. The van der Waals surface area contributed by atoms with Gasteiger partial charge in [0.1, 0.15) is 29.4 Å². The predicted molar refractivity (Wildman–Crippen MR) is 179 cm³/mol. The number of phenolic OH excluding ortho intramolecular Hbond substituents is 1. The van der Waals surface area contributed by atoms with Crippen LogP contribution in [0.2, 0.25) is 0 Å². The van der Waals surface area contributed by atoms with Gasteiger partial charge in [0, 0.05) is 54.4 Å². The van der Waals surface area contributed by atoms with Crippen LogP contribution < -0.4 is 15.0 Å². The number of pyridine rings is 1. The van der Waals surface area contributed by atoms with E-state index >= 15 is 4.39 Å². The van der Waals surface area contributed by atoms with Gasteiger partial charge in [0.2, 0.25) is 0 Å². The van der Waals surface area contributed by atoms with Crippen molar-refractivity contribution < 1.29 is 14.2 Å². The van der Waals surface area contributed by atoms with Gasteiger partial charge in [-0.1, -0.05) is 43.0 Å². The van der Waals surface area contributed by atoms with Gasteiger partial charge in [0.25, 0.3) is 0 Å². The standard InChI is InChI=1S/C37H39FN6O2/c1-3-5-8-23-17-37(13-7-14-44(37)19-23)22-46-36-41-34-30(35(42-36)43-20-26-11-12-27(21-43)40-26)18-39-33(32(34)38)29-16-28(45)15-25-10-6-9-24(4-2)31(25)29/h2,6,8-10,15-16,18,26-27,40,45H,3,5,7,11-14,17,19-22H2,1H3. The zero-order chi connectivity index (χ0) is 31.4. The zero-order valence-corrected chi connectivity index (χ0v) is 26.2. The van der Waals surface area contributed by atoms with Gasteiger partial charge < -0.3 is 20.1 Å². The highest BCUT2D eigenvalue weighted by atomic mass is 19.1. The van der Waals surface area contributed by atoms with E-state index in [1.807, 2.05) is 18.2 Å². The molecular formula is C37H39FN6O2. The van der Waals surface area contributed by atoms with Crippen LogP contribution in [-0.4, -0.2) is 75.4 Å². The molecule has 0 radical (unpaired) electrons. The average Bonchev–Trinajstić information content (AvgIpc) is 3.73. The molecule has 0 amide bonds. The lowest BCUT2D eigenvalue weighted by molar-refractivity contribution is 0.108. The number of phenols is 1. The summed E-state index contributed by atoms with van der Waals surface area (Å²) in [6.45, 7) is 6.26. The van der Waals surface area contributed by atoms with Crippen LogP contribution in [0.1, 0.15) is 57.4 Å². The largest absolute Gasteiger partial charge is 0.508 e. The molecule has 236 valence electrons. The van der Waals surface area contributed by atoms with Crippen LogP contribution >= 0.6 is 0 Å². The monoisotopic (exact) mass is 618 g/mol. The van der Waals surface area contributed by atoms with Crippen LogP contribution in [0, 0.1) is 18.2 Å². The first-order valence-electron chi connectivity index (χ1n) is 16.6. The topological polar surface area (TPSA) is 86.6 Å². The molecule has 4 aliphatic rings. The normalized spacial score (nSPS) is 25.1. The number of unbranched alkanes of at least 4 members (excludes halogenated alkanes) is 1. The summed E-state index contributed by atoms with van der Waals surface area (Å²) >= 11 is 0. The quantitative estimate of drug-likeness (QED) is 0.194. The van der Waals surface area contributed by atoms with Crippen molar-refractivity contribution in [2.45, 2.75) is 69.5 Å². The molecule has 4 aliphatic heterocycles. The maximum atomic E-state index is 16.9. The van der Waals surface area contributed by atoms with Gasteiger partial charge in [0.05, 0.1) is 10.9 Å². The van der Waals surface area contributed by atoms with E-state index in [9.17, 15) is 5.11 Å². The summed E-state index contributed by atoms with van der Waals surface area (Å²) in [6.07, 6.45) is 17.5. The molecule has 46 heavy (non-hydrogen) atoms. The van der Waals surface area contributed by atoms with Crippen LogP contribution in [0.25, 0.3) is 32.9 Å². The summed E-state index contributed by atoms with van der Waals surface area (Å²) in [5.41, 5.74) is 2.65.